The van der Waals surface area contributed by atoms with Crippen LogP contribution in [0.4, 0.5) is 5.69 Å². The third-order valence-electron chi connectivity index (χ3n) is 3.89. The Morgan fingerprint density at radius 3 is 2.71 bits per heavy atom. The highest BCUT2D eigenvalue weighted by molar-refractivity contribution is 5.56. The predicted molar refractivity (Wildman–Crippen MR) is 71.5 cm³/mol. The maximum Gasteiger partial charge on any atom is 0.0775 e. The van der Waals surface area contributed by atoms with E-state index in [2.05, 4.69) is 44.0 Å². The van der Waals surface area contributed by atoms with E-state index in [0.29, 0.717) is 6.54 Å². The molecule has 2 N–H and O–H groups in total. The maximum absolute atomic E-state index is 5.97. The third-order valence-corrected chi connectivity index (χ3v) is 3.89. The molecule has 0 bridgehead atoms. The molecule has 3 nitrogen and oxygen atoms in total. The summed E-state index contributed by atoms with van der Waals surface area (Å²) in [4.78, 5) is 2.30. The van der Waals surface area contributed by atoms with Crippen molar-refractivity contribution in [2.75, 3.05) is 31.7 Å². The molecule has 94 valence electrons. The Balaban J connectivity index is 2.32. The summed E-state index contributed by atoms with van der Waals surface area (Å²) in [6, 6.07) is 6.55. The van der Waals surface area contributed by atoms with Crippen molar-refractivity contribution in [3.8, 4) is 0 Å². The zero-order chi connectivity index (χ0) is 12.5. The highest BCUT2D eigenvalue weighted by Gasteiger charge is 2.38. The molecule has 1 aliphatic rings. The molecule has 1 aromatic carbocycles. The lowest BCUT2D eigenvalue weighted by Gasteiger charge is -2.39. The number of hydrogen-bond donors (Lipinski definition) is 1. The molecule has 0 aliphatic carbocycles. The van der Waals surface area contributed by atoms with Gasteiger partial charge in [0, 0.05) is 25.9 Å². The number of nitrogens with two attached hydrogens (primary N) is 1. The lowest BCUT2D eigenvalue weighted by molar-refractivity contribution is 0.178. The van der Waals surface area contributed by atoms with E-state index in [9.17, 15) is 0 Å². The zero-order valence-corrected chi connectivity index (χ0v) is 11.0. The highest BCUT2D eigenvalue weighted by atomic mass is 16.5. The average Bonchev–Trinajstić information content (AvgIpc) is 2.78. The summed E-state index contributed by atoms with van der Waals surface area (Å²) < 4.78 is 5.54. The SMILES string of the molecule is Cc1ccc(N(C)C2(CN)CCOC2)c(C)c1. The number of anilines is 1. The molecule has 1 heterocycles. The van der Waals surface area contributed by atoms with Gasteiger partial charge in [0.15, 0.2) is 0 Å². The van der Waals surface area contributed by atoms with Gasteiger partial charge in [-0.25, -0.2) is 0 Å². The van der Waals surface area contributed by atoms with Crippen LogP contribution in [-0.4, -0.2) is 32.3 Å². The van der Waals surface area contributed by atoms with Gasteiger partial charge in [-0.2, -0.15) is 0 Å². The van der Waals surface area contributed by atoms with Crippen molar-refractivity contribution < 1.29 is 4.74 Å². The van der Waals surface area contributed by atoms with E-state index in [1.807, 2.05) is 0 Å². The van der Waals surface area contributed by atoms with Gasteiger partial charge in [0.05, 0.1) is 12.1 Å². The number of hydrogen-bond acceptors (Lipinski definition) is 3. The van der Waals surface area contributed by atoms with Crippen LogP contribution in [0.25, 0.3) is 0 Å². The van der Waals surface area contributed by atoms with E-state index in [0.717, 1.165) is 19.6 Å². The van der Waals surface area contributed by atoms with Crippen LogP contribution in [-0.2, 0) is 4.74 Å². The topological polar surface area (TPSA) is 38.5 Å². The van der Waals surface area contributed by atoms with Crippen LogP contribution in [0.15, 0.2) is 18.2 Å². The number of nitrogens with zero attached hydrogens (tertiary/aromatic N) is 1. The first-order valence-corrected chi connectivity index (χ1v) is 6.18. The molecule has 1 fully saturated rings. The van der Waals surface area contributed by atoms with E-state index < -0.39 is 0 Å². The van der Waals surface area contributed by atoms with Crippen molar-refractivity contribution in [3.63, 3.8) is 0 Å². The molecular formula is C14H22N2O. The van der Waals surface area contributed by atoms with Crippen molar-refractivity contribution in [1.82, 2.24) is 0 Å². The standard InChI is InChI=1S/C14H22N2O/c1-11-4-5-13(12(2)8-11)16(3)14(9-15)6-7-17-10-14/h4-5,8H,6-7,9-10,15H2,1-3H3. The van der Waals surface area contributed by atoms with Crippen molar-refractivity contribution >= 4 is 5.69 Å². The second-order valence-electron chi connectivity index (χ2n) is 5.08. The van der Waals surface area contributed by atoms with Gasteiger partial charge >= 0.3 is 0 Å². The second-order valence-corrected chi connectivity index (χ2v) is 5.08. The van der Waals surface area contributed by atoms with Crippen molar-refractivity contribution in [1.29, 1.82) is 0 Å². The molecule has 17 heavy (non-hydrogen) atoms. The van der Waals surface area contributed by atoms with Crippen LogP contribution < -0.4 is 10.6 Å². The first-order valence-electron chi connectivity index (χ1n) is 6.18. The van der Waals surface area contributed by atoms with Crippen LogP contribution in [0.1, 0.15) is 17.5 Å². The number of aryl methyl sites for hydroxylation is 2. The quantitative estimate of drug-likeness (QED) is 0.867. The fourth-order valence-electron chi connectivity index (χ4n) is 2.60. The molecule has 1 aliphatic heterocycles. The lowest BCUT2D eigenvalue weighted by atomic mass is 9.95. The van der Waals surface area contributed by atoms with Gasteiger partial charge in [-0.05, 0) is 31.9 Å². The summed E-state index contributed by atoms with van der Waals surface area (Å²) >= 11 is 0. The normalized spacial score (nSPS) is 24.0. The van der Waals surface area contributed by atoms with E-state index in [-0.39, 0.29) is 5.54 Å². The molecule has 1 atom stereocenters. The summed E-state index contributed by atoms with van der Waals surface area (Å²) in [6.45, 7) is 6.45. The zero-order valence-electron chi connectivity index (χ0n) is 11.0. The molecule has 2 rings (SSSR count). The molecule has 0 amide bonds. The molecule has 0 aromatic heterocycles. The van der Waals surface area contributed by atoms with Gasteiger partial charge in [-0.3, -0.25) is 0 Å². The predicted octanol–water partition coefficient (Wildman–Crippen LogP) is 1.86. The number of likely N-dealkylation sites (N-methyl/N-ethyl adjacent to an activating group) is 1. The summed E-state index contributed by atoms with van der Waals surface area (Å²) in [6.07, 6.45) is 1.01. The van der Waals surface area contributed by atoms with Gasteiger partial charge in [0.1, 0.15) is 0 Å². The Morgan fingerprint density at radius 1 is 1.41 bits per heavy atom. The first-order chi connectivity index (χ1) is 8.09. The molecule has 0 spiro atoms. The lowest BCUT2D eigenvalue weighted by Crippen LogP contribution is -2.53. The van der Waals surface area contributed by atoms with E-state index in [1.54, 1.807) is 0 Å². The fourth-order valence-corrected chi connectivity index (χ4v) is 2.60. The van der Waals surface area contributed by atoms with Crippen LogP contribution in [0.5, 0.6) is 0 Å². The van der Waals surface area contributed by atoms with Crippen LogP contribution in [0.2, 0.25) is 0 Å². The minimum absolute atomic E-state index is 0.0278. The number of ether oxygens (including phenoxy) is 1. The van der Waals surface area contributed by atoms with Gasteiger partial charge < -0.3 is 15.4 Å². The molecule has 1 unspecified atom stereocenters. The number of rotatable bonds is 3. The summed E-state index contributed by atoms with van der Waals surface area (Å²) in [5.74, 6) is 0. The van der Waals surface area contributed by atoms with Crippen LogP contribution >= 0.6 is 0 Å². The van der Waals surface area contributed by atoms with E-state index in [1.165, 1.54) is 16.8 Å². The third kappa shape index (κ3) is 2.17. The number of benzene rings is 1. The van der Waals surface area contributed by atoms with Gasteiger partial charge in [-0.1, -0.05) is 17.7 Å². The van der Waals surface area contributed by atoms with Crippen molar-refractivity contribution in [3.05, 3.63) is 29.3 Å². The summed E-state index contributed by atoms with van der Waals surface area (Å²) in [5, 5.41) is 0. The first kappa shape index (κ1) is 12.4. The summed E-state index contributed by atoms with van der Waals surface area (Å²) in [5.41, 5.74) is 9.79. The highest BCUT2D eigenvalue weighted by Crippen LogP contribution is 2.31. The smallest absolute Gasteiger partial charge is 0.0775 e. The second kappa shape index (κ2) is 4.67. The minimum Gasteiger partial charge on any atom is -0.379 e. The molecule has 1 aromatic rings. The Labute approximate surface area is 104 Å². The van der Waals surface area contributed by atoms with Gasteiger partial charge in [0.2, 0.25) is 0 Å². The molecule has 3 heteroatoms. The van der Waals surface area contributed by atoms with Crippen LogP contribution in [0, 0.1) is 13.8 Å². The Morgan fingerprint density at radius 2 is 2.18 bits per heavy atom. The maximum atomic E-state index is 5.97. The van der Waals surface area contributed by atoms with Gasteiger partial charge in [-0.15, -0.1) is 0 Å². The van der Waals surface area contributed by atoms with Gasteiger partial charge in [0.25, 0.3) is 0 Å². The Bertz CT molecular complexity index is 397. The molecule has 1 saturated heterocycles. The summed E-state index contributed by atoms with van der Waals surface area (Å²) in [7, 11) is 2.12. The fraction of sp³-hybridized carbons (Fsp3) is 0.571. The molecule has 0 radical (unpaired) electrons. The molecule has 0 saturated carbocycles. The largest absolute Gasteiger partial charge is 0.379 e. The Kier molecular flexibility index (Phi) is 3.40. The van der Waals surface area contributed by atoms with Crippen molar-refractivity contribution in [2.24, 2.45) is 5.73 Å². The van der Waals surface area contributed by atoms with Crippen molar-refractivity contribution in [2.45, 2.75) is 25.8 Å². The van der Waals surface area contributed by atoms with E-state index >= 15 is 0 Å². The average molecular weight is 234 g/mol. The monoisotopic (exact) mass is 234 g/mol. The van der Waals surface area contributed by atoms with Crippen LogP contribution in [0.3, 0.4) is 0 Å². The van der Waals surface area contributed by atoms with E-state index in [4.69, 9.17) is 10.5 Å². The Hall–Kier alpha value is -1.06. The molecular weight excluding hydrogens is 212 g/mol. The minimum atomic E-state index is -0.0278.